The molecule has 2 aromatic heterocycles. The Kier molecular flexibility index (Phi) is 3.80. The molecule has 2 N–H and O–H groups in total. The van der Waals surface area contributed by atoms with E-state index < -0.39 is 6.10 Å². The molecule has 0 aliphatic rings. The highest BCUT2D eigenvalue weighted by atomic mass is 35.5. The third-order valence-corrected chi connectivity index (χ3v) is 3.90. The van der Waals surface area contributed by atoms with E-state index in [2.05, 4.69) is 14.1 Å². The third kappa shape index (κ3) is 2.47. The molecular formula is C12H9Cl2N3O2S. The zero-order valence-electron chi connectivity index (χ0n) is 10.0. The fourth-order valence-corrected chi connectivity index (χ4v) is 3.00. The number of furan rings is 1. The molecular weight excluding hydrogens is 321 g/mol. The lowest BCUT2D eigenvalue weighted by Crippen LogP contribution is -2.12. The van der Waals surface area contributed by atoms with Crippen LogP contribution in [0.1, 0.15) is 11.9 Å². The molecule has 0 saturated carbocycles. The quantitative estimate of drug-likeness (QED) is 0.762. The average molecular weight is 330 g/mol. The van der Waals surface area contributed by atoms with Crippen LogP contribution in [0.3, 0.4) is 0 Å². The maximum Gasteiger partial charge on any atom is 0.134 e. The van der Waals surface area contributed by atoms with Gasteiger partial charge in [0.05, 0.1) is 33.7 Å². The smallest absolute Gasteiger partial charge is 0.134 e. The number of rotatable bonds is 4. The molecule has 0 saturated heterocycles. The Bertz CT molecular complexity index is 730. The summed E-state index contributed by atoms with van der Waals surface area (Å²) in [6.07, 6.45) is 0.731. The first-order chi connectivity index (χ1) is 9.66. The Labute approximate surface area is 128 Å². The van der Waals surface area contributed by atoms with Gasteiger partial charge in [-0.15, -0.1) is 0 Å². The second kappa shape index (κ2) is 5.57. The number of nitrogens with zero attached hydrogens (tertiary/aromatic N) is 2. The number of fused-ring (bicyclic) bond motifs is 1. The molecule has 0 fully saturated rings. The summed E-state index contributed by atoms with van der Waals surface area (Å²) in [4.78, 5) is 0. The Morgan fingerprint density at radius 2 is 2.10 bits per heavy atom. The normalized spacial score (nSPS) is 12.8. The van der Waals surface area contributed by atoms with E-state index in [0.717, 1.165) is 11.7 Å². The second-order valence-electron chi connectivity index (χ2n) is 4.09. The van der Waals surface area contributed by atoms with Gasteiger partial charge in [0.25, 0.3) is 0 Å². The lowest BCUT2D eigenvalue weighted by molar-refractivity contribution is 0.162. The molecule has 1 aromatic carbocycles. The van der Waals surface area contributed by atoms with Gasteiger partial charge in [-0.3, -0.25) is 0 Å². The van der Waals surface area contributed by atoms with Gasteiger partial charge in [0, 0.05) is 6.54 Å². The van der Waals surface area contributed by atoms with Crippen LogP contribution in [0.4, 0.5) is 5.69 Å². The summed E-state index contributed by atoms with van der Waals surface area (Å²) >= 11 is 13.3. The van der Waals surface area contributed by atoms with Gasteiger partial charge < -0.3 is 14.8 Å². The Balaban J connectivity index is 1.86. The molecule has 1 atom stereocenters. The summed E-state index contributed by atoms with van der Waals surface area (Å²) in [6, 6.07) is 5.03. The number of hydrogen-bond acceptors (Lipinski definition) is 6. The first-order valence-corrected chi connectivity index (χ1v) is 7.21. The predicted molar refractivity (Wildman–Crippen MR) is 79.6 cm³/mol. The van der Waals surface area contributed by atoms with E-state index >= 15 is 0 Å². The lowest BCUT2D eigenvalue weighted by Gasteiger charge is -2.12. The van der Waals surface area contributed by atoms with Crippen molar-refractivity contribution in [2.45, 2.75) is 6.10 Å². The van der Waals surface area contributed by atoms with E-state index in [9.17, 15) is 5.11 Å². The first kappa shape index (κ1) is 13.6. The molecule has 5 nitrogen and oxygen atoms in total. The Hall–Kier alpha value is -1.34. The monoisotopic (exact) mass is 329 g/mol. The van der Waals surface area contributed by atoms with E-state index in [1.807, 2.05) is 0 Å². The maximum absolute atomic E-state index is 9.98. The molecule has 2 heterocycles. The summed E-state index contributed by atoms with van der Waals surface area (Å²) in [5.41, 5.74) is 1.79. The molecule has 0 radical (unpaired) electrons. The minimum absolute atomic E-state index is 0.238. The standard InChI is InChI=1S/C12H9Cl2N3O2S/c13-6-4-7(14)11-12(17-20-16-11)10(6)15-5-8(18)9-2-1-3-19-9/h1-4,8,15,18H,5H2. The summed E-state index contributed by atoms with van der Waals surface area (Å²) < 4.78 is 13.4. The van der Waals surface area contributed by atoms with Crippen molar-refractivity contribution in [2.24, 2.45) is 0 Å². The molecule has 8 heteroatoms. The molecule has 0 spiro atoms. The number of halogens is 2. The highest BCUT2D eigenvalue weighted by molar-refractivity contribution is 7.00. The van der Waals surface area contributed by atoms with E-state index in [-0.39, 0.29) is 6.54 Å². The van der Waals surface area contributed by atoms with Crippen molar-refractivity contribution in [3.8, 4) is 0 Å². The largest absolute Gasteiger partial charge is 0.467 e. The van der Waals surface area contributed by atoms with Crippen LogP contribution in [0.15, 0.2) is 28.9 Å². The average Bonchev–Trinajstić information content (AvgIpc) is 3.09. The minimum atomic E-state index is -0.779. The molecule has 0 aliphatic heterocycles. The zero-order valence-corrected chi connectivity index (χ0v) is 12.3. The van der Waals surface area contributed by atoms with Crippen molar-refractivity contribution in [2.75, 3.05) is 11.9 Å². The number of anilines is 1. The molecule has 0 amide bonds. The molecule has 20 heavy (non-hydrogen) atoms. The van der Waals surface area contributed by atoms with Crippen LogP contribution in [0.2, 0.25) is 10.0 Å². The van der Waals surface area contributed by atoms with Gasteiger partial charge in [-0.2, -0.15) is 8.75 Å². The van der Waals surface area contributed by atoms with Crippen LogP contribution >= 0.6 is 34.9 Å². The van der Waals surface area contributed by atoms with Gasteiger partial charge in [-0.25, -0.2) is 0 Å². The van der Waals surface area contributed by atoms with E-state index in [1.54, 1.807) is 18.2 Å². The highest BCUT2D eigenvalue weighted by Gasteiger charge is 2.16. The SMILES string of the molecule is OC(CNc1c(Cl)cc(Cl)c2nsnc12)c1ccco1. The number of aliphatic hydroxyl groups excluding tert-OH is 1. The van der Waals surface area contributed by atoms with E-state index in [1.165, 1.54) is 6.26 Å². The maximum atomic E-state index is 9.98. The molecule has 0 aliphatic carbocycles. The second-order valence-corrected chi connectivity index (χ2v) is 5.43. The number of benzene rings is 1. The summed E-state index contributed by atoms with van der Waals surface area (Å²) in [6.45, 7) is 0.238. The minimum Gasteiger partial charge on any atom is -0.467 e. The lowest BCUT2D eigenvalue weighted by atomic mass is 10.2. The number of nitrogens with one attached hydrogen (secondary N) is 1. The number of hydrogen-bond donors (Lipinski definition) is 2. The van der Waals surface area contributed by atoms with Crippen molar-refractivity contribution in [1.29, 1.82) is 0 Å². The van der Waals surface area contributed by atoms with E-state index in [0.29, 0.717) is 32.5 Å². The Morgan fingerprint density at radius 3 is 2.85 bits per heavy atom. The van der Waals surface area contributed by atoms with Crippen molar-refractivity contribution in [1.82, 2.24) is 8.75 Å². The van der Waals surface area contributed by atoms with Crippen LogP contribution in [0.25, 0.3) is 11.0 Å². The van der Waals surface area contributed by atoms with Gasteiger partial charge in [-0.1, -0.05) is 23.2 Å². The van der Waals surface area contributed by atoms with Crippen molar-refractivity contribution in [3.63, 3.8) is 0 Å². The fourth-order valence-electron chi connectivity index (χ4n) is 1.82. The predicted octanol–water partition coefficient (Wildman–Crippen LogP) is 3.74. The summed E-state index contributed by atoms with van der Waals surface area (Å²) in [5, 5.41) is 13.9. The molecule has 3 aromatic rings. The highest BCUT2D eigenvalue weighted by Crippen LogP contribution is 2.35. The zero-order chi connectivity index (χ0) is 14.1. The Morgan fingerprint density at radius 1 is 1.30 bits per heavy atom. The van der Waals surface area contributed by atoms with Gasteiger partial charge in [-0.05, 0) is 18.2 Å². The molecule has 1 unspecified atom stereocenters. The molecule has 0 bridgehead atoms. The summed E-state index contributed by atoms with van der Waals surface area (Å²) in [7, 11) is 0. The van der Waals surface area contributed by atoms with Gasteiger partial charge >= 0.3 is 0 Å². The first-order valence-electron chi connectivity index (χ1n) is 5.72. The van der Waals surface area contributed by atoms with Crippen LogP contribution in [0, 0.1) is 0 Å². The van der Waals surface area contributed by atoms with Crippen LogP contribution in [-0.2, 0) is 0 Å². The van der Waals surface area contributed by atoms with Crippen molar-refractivity contribution in [3.05, 3.63) is 40.3 Å². The summed E-state index contributed by atoms with van der Waals surface area (Å²) in [5.74, 6) is 0.482. The van der Waals surface area contributed by atoms with E-state index in [4.69, 9.17) is 27.6 Å². The molecule has 104 valence electrons. The topological polar surface area (TPSA) is 71.2 Å². The number of aromatic nitrogens is 2. The van der Waals surface area contributed by atoms with Crippen molar-refractivity contribution >= 4 is 51.7 Å². The molecule has 3 rings (SSSR count). The van der Waals surface area contributed by atoms with Crippen LogP contribution in [0.5, 0.6) is 0 Å². The third-order valence-electron chi connectivity index (χ3n) is 2.79. The van der Waals surface area contributed by atoms with Crippen molar-refractivity contribution < 1.29 is 9.52 Å². The fraction of sp³-hybridized carbons (Fsp3) is 0.167. The van der Waals surface area contributed by atoms with Crippen LogP contribution in [-0.4, -0.2) is 20.4 Å². The van der Waals surface area contributed by atoms with Crippen LogP contribution < -0.4 is 5.32 Å². The van der Waals surface area contributed by atoms with Gasteiger partial charge in [0.2, 0.25) is 0 Å². The van der Waals surface area contributed by atoms with Gasteiger partial charge in [0.15, 0.2) is 0 Å². The number of aliphatic hydroxyl groups is 1. The van der Waals surface area contributed by atoms with Gasteiger partial charge in [0.1, 0.15) is 22.9 Å².